The van der Waals surface area contributed by atoms with Crippen LogP contribution >= 0.6 is 15.9 Å². The second-order valence-electron chi connectivity index (χ2n) is 3.97. The van der Waals surface area contributed by atoms with E-state index in [1.54, 1.807) is 7.11 Å². The summed E-state index contributed by atoms with van der Waals surface area (Å²) in [5.74, 6) is 0. The van der Waals surface area contributed by atoms with Crippen LogP contribution in [0.5, 0.6) is 0 Å². The van der Waals surface area contributed by atoms with E-state index in [-0.39, 0.29) is 0 Å². The Morgan fingerprint density at radius 1 is 1.50 bits per heavy atom. The van der Waals surface area contributed by atoms with Crippen molar-refractivity contribution in [3.63, 3.8) is 0 Å². The molecule has 1 fully saturated rings. The molecule has 1 saturated carbocycles. The standard InChI is InChI=1S/C12H13BrN2O/c1-16-11-5-10(6-11)15-12-3-2-9(13)4-8(12)7-14/h2-4,10-11,15H,5-6H2,1H3. The second kappa shape index (κ2) is 4.86. The van der Waals surface area contributed by atoms with Crippen LogP contribution in [0.4, 0.5) is 5.69 Å². The Morgan fingerprint density at radius 2 is 2.25 bits per heavy atom. The van der Waals surface area contributed by atoms with Gasteiger partial charge in [-0.1, -0.05) is 15.9 Å². The van der Waals surface area contributed by atoms with Crippen LogP contribution in [-0.4, -0.2) is 19.3 Å². The van der Waals surface area contributed by atoms with Crippen molar-refractivity contribution in [2.24, 2.45) is 0 Å². The molecule has 0 aromatic heterocycles. The van der Waals surface area contributed by atoms with Crippen LogP contribution in [0.25, 0.3) is 0 Å². The molecule has 0 amide bonds. The molecule has 1 N–H and O–H groups in total. The zero-order chi connectivity index (χ0) is 11.5. The number of rotatable bonds is 3. The normalized spacial score (nSPS) is 23.3. The van der Waals surface area contributed by atoms with Gasteiger partial charge in [-0.25, -0.2) is 0 Å². The number of nitriles is 1. The highest BCUT2D eigenvalue weighted by atomic mass is 79.9. The lowest BCUT2D eigenvalue weighted by molar-refractivity contribution is 0.0328. The minimum atomic E-state index is 0.374. The minimum absolute atomic E-state index is 0.374. The summed E-state index contributed by atoms with van der Waals surface area (Å²) in [7, 11) is 1.74. The lowest BCUT2D eigenvalue weighted by Gasteiger charge is -2.35. The number of methoxy groups -OCH3 is 1. The predicted octanol–water partition coefficient (Wildman–Crippen LogP) is 2.91. The topological polar surface area (TPSA) is 45.0 Å². The zero-order valence-electron chi connectivity index (χ0n) is 9.03. The third kappa shape index (κ3) is 2.37. The van der Waals surface area contributed by atoms with Gasteiger partial charge in [0.25, 0.3) is 0 Å². The van der Waals surface area contributed by atoms with E-state index in [9.17, 15) is 0 Å². The number of nitrogens with one attached hydrogen (secondary N) is 1. The van der Waals surface area contributed by atoms with Crippen LogP contribution in [0, 0.1) is 11.3 Å². The fourth-order valence-corrected chi connectivity index (χ4v) is 2.19. The molecule has 4 heteroatoms. The van der Waals surface area contributed by atoms with Gasteiger partial charge in [-0.15, -0.1) is 0 Å². The van der Waals surface area contributed by atoms with Gasteiger partial charge in [-0.2, -0.15) is 5.26 Å². The zero-order valence-corrected chi connectivity index (χ0v) is 10.6. The Balaban J connectivity index is 2.03. The molecule has 1 aliphatic carbocycles. The number of hydrogen-bond acceptors (Lipinski definition) is 3. The van der Waals surface area contributed by atoms with Crippen molar-refractivity contribution in [3.05, 3.63) is 28.2 Å². The van der Waals surface area contributed by atoms with Gasteiger partial charge in [0, 0.05) is 17.6 Å². The van der Waals surface area contributed by atoms with Gasteiger partial charge >= 0.3 is 0 Å². The van der Waals surface area contributed by atoms with Crippen LogP contribution in [0.15, 0.2) is 22.7 Å². The van der Waals surface area contributed by atoms with Gasteiger partial charge in [-0.3, -0.25) is 0 Å². The van der Waals surface area contributed by atoms with Crippen molar-refractivity contribution in [2.45, 2.75) is 25.0 Å². The monoisotopic (exact) mass is 280 g/mol. The molecule has 84 valence electrons. The quantitative estimate of drug-likeness (QED) is 0.926. The summed E-state index contributed by atoms with van der Waals surface area (Å²) in [6.07, 6.45) is 2.40. The molecule has 0 unspecified atom stereocenters. The van der Waals surface area contributed by atoms with E-state index in [4.69, 9.17) is 10.00 Å². The van der Waals surface area contributed by atoms with Crippen molar-refractivity contribution in [1.29, 1.82) is 5.26 Å². The van der Waals surface area contributed by atoms with Gasteiger partial charge < -0.3 is 10.1 Å². The molecule has 0 radical (unpaired) electrons. The summed E-state index contributed by atoms with van der Waals surface area (Å²) in [5.41, 5.74) is 1.58. The van der Waals surface area contributed by atoms with Crippen molar-refractivity contribution in [2.75, 3.05) is 12.4 Å². The van der Waals surface area contributed by atoms with Crippen molar-refractivity contribution < 1.29 is 4.74 Å². The van der Waals surface area contributed by atoms with E-state index in [1.807, 2.05) is 18.2 Å². The molecule has 0 saturated heterocycles. The highest BCUT2D eigenvalue weighted by molar-refractivity contribution is 9.10. The third-order valence-corrected chi connectivity index (χ3v) is 3.38. The van der Waals surface area contributed by atoms with Crippen LogP contribution in [0.1, 0.15) is 18.4 Å². The summed E-state index contributed by atoms with van der Waals surface area (Å²) in [4.78, 5) is 0. The van der Waals surface area contributed by atoms with Crippen LogP contribution in [0.3, 0.4) is 0 Å². The van der Waals surface area contributed by atoms with Gasteiger partial charge in [0.1, 0.15) is 6.07 Å². The smallest absolute Gasteiger partial charge is 0.101 e. The number of nitrogens with zero attached hydrogens (tertiary/aromatic N) is 1. The lowest BCUT2D eigenvalue weighted by atomic mass is 9.89. The Kier molecular flexibility index (Phi) is 3.47. The average molecular weight is 281 g/mol. The first-order chi connectivity index (χ1) is 7.72. The predicted molar refractivity (Wildman–Crippen MR) is 66.3 cm³/mol. The van der Waals surface area contributed by atoms with Crippen molar-refractivity contribution in [3.8, 4) is 6.07 Å². The maximum atomic E-state index is 9.01. The van der Waals surface area contributed by atoms with Gasteiger partial charge in [0.15, 0.2) is 0 Å². The van der Waals surface area contributed by atoms with Gasteiger partial charge in [0.2, 0.25) is 0 Å². The maximum Gasteiger partial charge on any atom is 0.101 e. The number of anilines is 1. The first kappa shape index (κ1) is 11.4. The number of hydrogen-bond donors (Lipinski definition) is 1. The van der Waals surface area contributed by atoms with E-state index in [0.717, 1.165) is 23.0 Å². The lowest BCUT2D eigenvalue weighted by Crippen LogP contribution is -2.40. The van der Waals surface area contributed by atoms with Crippen LogP contribution in [0.2, 0.25) is 0 Å². The maximum absolute atomic E-state index is 9.01. The van der Waals surface area contributed by atoms with Gasteiger partial charge in [-0.05, 0) is 31.0 Å². The largest absolute Gasteiger partial charge is 0.381 e. The molecule has 0 heterocycles. The molecule has 0 bridgehead atoms. The third-order valence-electron chi connectivity index (χ3n) is 2.89. The molecule has 1 aromatic carbocycles. The Bertz CT molecular complexity index is 422. The summed E-state index contributed by atoms with van der Waals surface area (Å²) < 4.78 is 6.15. The van der Waals surface area contributed by atoms with E-state index < -0.39 is 0 Å². The van der Waals surface area contributed by atoms with E-state index in [1.165, 1.54) is 0 Å². The molecule has 0 aliphatic heterocycles. The fourth-order valence-electron chi connectivity index (χ4n) is 1.83. The average Bonchev–Trinajstić information content (AvgIpc) is 2.24. The summed E-state index contributed by atoms with van der Waals surface area (Å²) in [5, 5.41) is 12.4. The van der Waals surface area contributed by atoms with Crippen LogP contribution in [-0.2, 0) is 4.74 Å². The number of halogens is 1. The van der Waals surface area contributed by atoms with E-state index >= 15 is 0 Å². The molecule has 16 heavy (non-hydrogen) atoms. The highest BCUT2D eigenvalue weighted by Gasteiger charge is 2.29. The SMILES string of the molecule is COC1CC(Nc2ccc(Br)cc2C#N)C1. The highest BCUT2D eigenvalue weighted by Crippen LogP contribution is 2.28. The second-order valence-corrected chi connectivity index (χ2v) is 4.89. The van der Waals surface area contributed by atoms with Gasteiger partial charge in [0.05, 0.1) is 17.4 Å². The molecular formula is C12H13BrN2O. The first-order valence-corrected chi connectivity index (χ1v) is 6.01. The van der Waals surface area contributed by atoms with Crippen LogP contribution < -0.4 is 5.32 Å². The van der Waals surface area contributed by atoms with E-state index in [0.29, 0.717) is 17.7 Å². The molecule has 2 rings (SSSR count). The van der Waals surface area contributed by atoms with Crippen molar-refractivity contribution >= 4 is 21.6 Å². The van der Waals surface area contributed by atoms with Crippen molar-refractivity contribution in [1.82, 2.24) is 0 Å². The molecular weight excluding hydrogens is 268 g/mol. The number of ether oxygens (including phenoxy) is 1. The summed E-state index contributed by atoms with van der Waals surface area (Å²) in [6, 6.07) is 8.32. The number of benzene rings is 1. The van der Waals surface area contributed by atoms with E-state index in [2.05, 4.69) is 27.3 Å². The fraction of sp³-hybridized carbons (Fsp3) is 0.417. The first-order valence-electron chi connectivity index (χ1n) is 5.22. The molecule has 1 aromatic rings. The Labute approximate surface area is 104 Å². The Hall–Kier alpha value is -1.05. The minimum Gasteiger partial charge on any atom is -0.381 e. The molecule has 3 nitrogen and oxygen atoms in total. The molecule has 1 aliphatic rings. The Morgan fingerprint density at radius 3 is 2.88 bits per heavy atom. The summed E-state index contributed by atoms with van der Waals surface area (Å²) in [6.45, 7) is 0. The summed E-state index contributed by atoms with van der Waals surface area (Å²) >= 11 is 3.36. The molecule has 0 spiro atoms. The molecule has 0 atom stereocenters.